The first-order valence-electron chi connectivity index (χ1n) is 4.05. The van der Waals surface area contributed by atoms with Crippen molar-refractivity contribution < 1.29 is 25.5 Å². The quantitative estimate of drug-likeness (QED) is 0.257. The highest BCUT2D eigenvalue weighted by molar-refractivity contribution is 5.03. The van der Waals surface area contributed by atoms with Crippen molar-refractivity contribution in [3.8, 4) is 0 Å². The van der Waals surface area contributed by atoms with Crippen molar-refractivity contribution in [2.24, 2.45) is 5.73 Å². The lowest BCUT2D eigenvalue weighted by Crippen LogP contribution is -2.66. The smallest absolute Gasteiger partial charge is 0.118 e. The predicted octanol–water partition coefficient (Wildman–Crippen LogP) is -3.48. The Balaban J connectivity index is 2.82. The van der Waals surface area contributed by atoms with Crippen molar-refractivity contribution in [3.05, 3.63) is 0 Å². The Hall–Kier alpha value is -0.240. The molecular weight excluding hydrogens is 178 g/mol. The van der Waals surface area contributed by atoms with E-state index in [-0.39, 0.29) is 6.42 Å². The molecular formula is C7H15NO5. The number of hydrogen-bond donors (Lipinski definition) is 6. The standard InChI is InChI=1S/C7H15NO5/c8-3-1-7(13,2-9)6(12)5(11)4(3)10/h3-6,9-13H,1-2,8H2/t3-,4+,5-,6-,7+/m0/s1. The van der Waals surface area contributed by atoms with Gasteiger partial charge in [0, 0.05) is 6.04 Å². The summed E-state index contributed by atoms with van der Waals surface area (Å²) in [6.07, 6.45) is -4.53. The van der Waals surface area contributed by atoms with Crippen molar-refractivity contribution in [2.45, 2.75) is 36.4 Å². The Bertz CT molecular complexity index is 190. The van der Waals surface area contributed by atoms with E-state index in [0.717, 1.165) is 0 Å². The first-order chi connectivity index (χ1) is 5.92. The average Bonchev–Trinajstić information content (AvgIpc) is 2.12. The topological polar surface area (TPSA) is 127 Å². The molecule has 1 saturated carbocycles. The number of aliphatic hydroxyl groups excluding tert-OH is 4. The third-order valence-corrected chi connectivity index (χ3v) is 2.53. The van der Waals surface area contributed by atoms with Crippen LogP contribution in [0.25, 0.3) is 0 Å². The minimum Gasteiger partial charge on any atom is -0.393 e. The van der Waals surface area contributed by atoms with Crippen molar-refractivity contribution in [1.82, 2.24) is 0 Å². The molecule has 0 aromatic carbocycles. The van der Waals surface area contributed by atoms with Gasteiger partial charge < -0.3 is 31.3 Å². The maximum atomic E-state index is 9.56. The number of rotatable bonds is 1. The van der Waals surface area contributed by atoms with Crippen LogP contribution in [0.5, 0.6) is 0 Å². The summed E-state index contributed by atoms with van der Waals surface area (Å²) < 4.78 is 0. The van der Waals surface area contributed by atoms with Gasteiger partial charge in [-0.05, 0) is 6.42 Å². The second-order valence-electron chi connectivity index (χ2n) is 3.56. The zero-order valence-corrected chi connectivity index (χ0v) is 7.04. The Labute approximate surface area is 75.2 Å². The van der Waals surface area contributed by atoms with Gasteiger partial charge in [-0.1, -0.05) is 0 Å². The largest absolute Gasteiger partial charge is 0.393 e. The molecule has 0 radical (unpaired) electrons. The van der Waals surface area contributed by atoms with Gasteiger partial charge in [0.1, 0.15) is 17.8 Å². The average molecular weight is 193 g/mol. The van der Waals surface area contributed by atoms with Crippen LogP contribution in [0.2, 0.25) is 0 Å². The van der Waals surface area contributed by atoms with E-state index >= 15 is 0 Å². The van der Waals surface area contributed by atoms with Gasteiger partial charge in [0.25, 0.3) is 0 Å². The molecule has 1 fully saturated rings. The minimum atomic E-state index is -1.82. The summed E-state index contributed by atoms with van der Waals surface area (Å²) in [4.78, 5) is 0. The van der Waals surface area contributed by atoms with E-state index in [1.165, 1.54) is 0 Å². The summed E-state index contributed by atoms with van der Waals surface area (Å²) in [6, 6.07) is -0.851. The van der Waals surface area contributed by atoms with Gasteiger partial charge in [-0.3, -0.25) is 0 Å². The highest BCUT2D eigenvalue weighted by Crippen LogP contribution is 2.28. The van der Waals surface area contributed by atoms with Gasteiger partial charge in [-0.2, -0.15) is 0 Å². The number of hydrogen-bond acceptors (Lipinski definition) is 6. The highest BCUT2D eigenvalue weighted by atomic mass is 16.4. The van der Waals surface area contributed by atoms with Gasteiger partial charge in [0.15, 0.2) is 0 Å². The third-order valence-electron chi connectivity index (χ3n) is 2.53. The summed E-state index contributed by atoms with van der Waals surface area (Å²) in [7, 11) is 0. The lowest BCUT2D eigenvalue weighted by atomic mass is 9.77. The first-order valence-corrected chi connectivity index (χ1v) is 4.05. The van der Waals surface area contributed by atoms with E-state index in [0.29, 0.717) is 0 Å². The maximum Gasteiger partial charge on any atom is 0.118 e. The van der Waals surface area contributed by atoms with E-state index in [9.17, 15) is 20.4 Å². The van der Waals surface area contributed by atoms with Crippen LogP contribution >= 0.6 is 0 Å². The zero-order chi connectivity index (χ0) is 10.2. The summed E-state index contributed by atoms with van der Waals surface area (Å²) in [5.74, 6) is 0. The molecule has 13 heavy (non-hydrogen) atoms. The van der Waals surface area contributed by atoms with Crippen LogP contribution in [-0.4, -0.2) is 62.1 Å². The lowest BCUT2D eigenvalue weighted by Gasteiger charge is -2.43. The molecule has 0 heterocycles. The first kappa shape index (κ1) is 10.8. The Morgan fingerprint density at radius 1 is 1.23 bits per heavy atom. The normalized spacial score (nSPS) is 52.2. The van der Waals surface area contributed by atoms with E-state index < -0.39 is 36.6 Å². The van der Waals surface area contributed by atoms with Crippen LogP contribution in [0.3, 0.4) is 0 Å². The molecule has 0 saturated heterocycles. The van der Waals surface area contributed by atoms with Crippen molar-refractivity contribution in [3.63, 3.8) is 0 Å². The van der Waals surface area contributed by atoms with Crippen molar-refractivity contribution in [1.29, 1.82) is 0 Å². The van der Waals surface area contributed by atoms with Gasteiger partial charge in [0.2, 0.25) is 0 Å². The lowest BCUT2D eigenvalue weighted by molar-refractivity contribution is -0.203. The van der Waals surface area contributed by atoms with E-state index in [1.54, 1.807) is 0 Å². The van der Waals surface area contributed by atoms with Gasteiger partial charge in [-0.15, -0.1) is 0 Å². The van der Waals surface area contributed by atoms with E-state index in [1.807, 2.05) is 0 Å². The van der Waals surface area contributed by atoms with Crippen LogP contribution in [0.15, 0.2) is 0 Å². The summed E-state index contributed by atoms with van der Waals surface area (Å²) in [6.45, 7) is -0.703. The minimum absolute atomic E-state index is 0.150. The predicted molar refractivity (Wildman–Crippen MR) is 42.6 cm³/mol. The molecule has 78 valence electrons. The Morgan fingerprint density at radius 2 is 1.77 bits per heavy atom. The summed E-state index contributed by atoms with van der Waals surface area (Å²) in [5.41, 5.74) is 3.57. The fourth-order valence-electron chi connectivity index (χ4n) is 1.57. The second-order valence-corrected chi connectivity index (χ2v) is 3.56. The molecule has 0 unspecified atom stereocenters. The molecule has 0 bridgehead atoms. The van der Waals surface area contributed by atoms with Crippen LogP contribution in [0.1, 0.15) is 6.42 Å². The molecule has 1 aliphatic rings. The molecule has 1 aliphatic carbocycles. The van der Waals surface area contributed by atoms with Gasteiger partial charge in [-0.25, -0.2) is 0 Å². The SMILES string of the molecule is N[C@H]1C[C@@](O)(CO)[C@@H](O)[C@@H](O)[C@@H]1O. The summed E-state index contributed by atoms with van der Waals surface area (Å²) in [5, 5.41) is 46.1. The molecule has 0 spiro atoms. The Kier molecular flexibility index (Phi) is 2.91. The van der Waals surface area contributed by atoms with Crippen LogP contribution in [-0.2, 0) is 0 Å². The molecule has 0 amide bonds. The van der Waals surface area contributed by atoms with Crippen LogP contribution in [0, 0.1) is 0 Å². The van der Waals surface area contributed by atoms with E-state index in [2.05, 4.69) is 0 Å². The number of nitrogens with two attached hydrogens (primary N) is 1. The molecule has 6 heteroatoms. The van der Waals surface area contributed by atoms with Gasteiger partial charge >= 0.3 is 0 Å². The van der Waals surface area contributed by atoms with Crippen molar-refractivity contribution in [2.75, 3.05) is 6.61 Å². The molecule has 0 aromatic heterocycles. The fraction of sp³-hybridized carbons (Fsp3) is 1.00. The molecule has 6 nitrogen and oxygen atoms in total. The van der Waals surface area contributed by atoms with Crippen LogP contribution in [0.4, 0.5) is 0 Å². The van der Waals surface area contributed by atoms with Crippen molar-refractivity contribution >= 4 is 0 Å². The van der Waals surface area contributed by atoms with Gasteiger partial charge in [0.05, 0.1) is 12.7 Å². The zero-order valence-electron chi connectivity index (χ0n) is 7.04. The van der Waals surface area contributed by atoms with E-state index in [4.69, 9.17) is 10.8 Å². The van der Waals surface area contributed by atoms with Crippen LogP contribution < -0.4 is 5.73 Å². The number of aliphatic hydroxyl groups is 5. The molecule has 5 atom stereocenters. The second kappa shape index (κ2) is 3.49. The fourth-order valence-corrected chi connectivity index (χ4v) is 1.57. The third kappa shape index (κ3) is 1.69. The molecule has 7 N–H and O–H groups in total. The monoisotopic (exact) mass is 193 g/mol. The summed E-state index contributed by atoms with van der Waals surface area (Å²) >= 11 is 0. The molecule has 0 aliphatic heterocycles. The Morgan fingerprint density at radius 3 is 2.23 bits per heavy atom. The molecule has 1 rings (SSSR count). The molecule has 0 aromatic rings. The highest BCUT2D eigenvalue weighted by Gasteiger charge is 2.49. The maximum absolute atomic E-state index is 9.56.